The fourth-order valence-corrected chi connectivity index (χ4v) is 1.92. The molecule has 1 aromatic carbocycles. The summed E-state index contributed by atoms with van der Waals surface area (Å²) in [6, 6.07) is 14.2. The average molecular weight is 213 g/mol. The minimum absolute atomic E-state index is 0.104. The van der Waals surface area contributed by atoms with E-state index in [9.17, 15) is 4.79 Å². The van der Waals surface area contributed by atoms with E-state index < -0.39 is 0 Å². The predicted molar refractivity (Wildman–Crippen MR) is 64.7 cm³/mol. The average Bonchev–Trinajstić information content (AvgIpc) is 2.78. The summed E-state index contributed by atoms with van der Waals surface area (Å²) in [4.78, 5) is 11.4. The molecule has 0 unspecified atom stereocenters. The van der Waals surface area contributed by atoms with Gasteiger partial charge in [-0.3, -0.25) is 4.79 Å². The molecule has 2 heteroatoms. The SMILES string of the molecule is CC(=O)c1cccn1[C@H](C)c1ccccc1. The highest BCUT2D eigenvalue weighted by Gasteiger charge is 2.12. The molecule has 1 heterocycles. The fraction of sp³-hybridized carbons (Fsp3) is 0.214. The zero-order valence-corrected chi connectivity index (χ0v) is 9.55. The Bertz CT molecular complexity index is 484. The number of Topliss-reactive ketones (excluding diaryl/α,β-unsaturated/α-hetero) is 1. The number of aromatic nitrogens is 1. The maximum Gasteiger partial charge on any atom is 0.176 e. The summed E-state index contributed by atoms with van der Waals surface area (Å²) in [7, 11) is 0. The van der Waals surface area contributed by atoms with Crippen LogP contribution in [0.4, 0.5) is 0 Å². The van der Waals surface area contributed by atoms with Crippen molar-refractivity contribution in [3.8, 4) is 0 Å². The number of ketones is 1. The Morgan fingerprint density at radius 2 is 1.81 bits per heavy atom. The molecule has 0 aliphatic heterocycles. The highest BCUT2D eigenvalue weighted by Crippen LogP contribution is 2.20. The number of nitrogens with zero attached hydrogens (tertiary/aromatic N) is 1. The van der Waals surface area contributed by atoms with E-state index in [0.29, 0.717) is 0 Å². The van der Waals surface area contributed by atoms with Crippen molar-refractivity contribution in [1.29, 1.82) is 0 Å². The minimum Gasteiger partial charge on any atom is -0.338 e. The van der Waals surface area contributed by atoms with Crippen LogP contribution >= 0.6 is 0 Å². The third-order valence-corrected chi connectivity index (χ3v) is 2.84. The first-order chi connectivity index (χ1) is 7.70. The molecule has 0 amide bonds. The van der Waals surface area contributed by atoms with Gasteiger partial charge >= 0.3 is 0 Å². The summed E-state index contributed by atoms with van der Waals surface area (Å²) < 4.78 is 2.01. The van der Waals surface area contributed by atoms with Crippen LogP contribution in [0.15, 0.2) is 48.7 Å². The Balaban J connectivity index is 2.38. The third-order valence-electron chi connectivity index (χ3n) is 2.84. The lowest BCUT2D eigenvalue weighted by molar-refractivity contribution is 0.100. The number of benzene rings is 1. The number of hydrogen-bond donors (Lipinski definition) is 0. The molecule has 2 nitrogen and oxygen atoms in total. The van der Waals surface area contributed by atoms with Crippen LogP contribution in [-0.4, -0.2) is 10.4 Å². The zero-order chi connectivity index (χ0) is 11.5. The molecule has 16 heavy (non-hydrogen) atoms. The normalized spacial score (nSPS) is 12.4. The Morgan fingerprint density at radius 1 is 1.12 bits per heavy atom. The van der Waals surface area contributed by atoms with E-state index in [1.807, 2.05) is 41.1 Å². The van der Waals surface area contributed by atoms with Gasteiger partial charge in [-0.05, 0) is 24.6 Å². The lowest BCUT2D eigenvalue weighted by atomic mass is 10.1. The van der Waals surface area contributed by atoms with Crippen LogP contribution in [0.5, 0.6) is 0 Å². The van der Waals surface area contributed by atoms with Gasteiger partial charge in [-0.15, -0.1) is 0 Å². The highest BCUT2D eigenvalue weighted by atomic mass is 16.1. The number of carbonyl (C=O) groups excluding carboxylic acids is 1. The third kappa shape index (κ3) is 1.91. The number of rotatable bonds is 3. The van der Waals surface area contributed by atoms with Gasteiger partial charge in [0.15, 0.2) is 5.78 Å². The van der Waals surface area contributed by atoms with Crippen LogP contribution in [0.3, 0.4) is 0 Å². The minimum atomic E-state index is 0.104. The van der Waals surface area contributed by atoms with E-state index in [4.69, 9.17) is 0 Å². The van der Waals surface area contributed by atoms with E-state index in [0.717, 1.165) is 5.69 Å². The predicted octanol–water partition coefficient (Wildman–Crippen LogP) is 3.30. The van der Waals surface area contributed by atoms with Crippen molar-refractivity contribution in [2.75, 3.05) is 0 Å². The summed E-state index contributed by atoms with van der Waals surface area (Å²) in [5.41, 5.74) is 1.97. The number of hydrogen-bond acceptors (Lipinski definition) is 1. The second kappa shape index (κ2) is 4.35. The van der Waals surface area contributed by atoms with Gasteiger partial charge < -0.3 is 4.57 Å². The molecule has 0 saturated carbocycles. The molecule has 0 aliphatic carbocycles. The zero-order valence-electron chi connectivity index (χ0n) is 9.55. The van der Waals surface area contributed by atoms with Gasteiger partial charge in [0.05, 0.1) is 11.7 Å². The first-order valence-electron chi connectivity index (χ1n) is 5.43. The van der Waals surface area contributed by atoms with Crippen molar-refractivity contribution in [2.45, 2.75) is 19.9 Å². The van der Waals surface area contributed by atoms with E-state index in [-0.39, 0.29) is 11.8 Å². The van der Waals surface area contributed by atoms with Crippen molar-refractivity contribution in [2.24, 2.45) is 0 Å². The molecular weight excluding hydrogens is 198 g/mol. The first-order valence-corrected chi connectivity index (χ1v) is 5.43. The standard InChI is InChI=1S/C14H15NO/c1-11(13-7-4-3-5-8-13)15-10-6-9-14(15)12(2)16/h3-11H,1-2H3/t11-/m1/s1. The Hall–Kier alpha value is -1.83. The van der Waals surface area contributed by atoms with Crippen molar-refractivity contribution in [3.63, 3.8) is 0 Å². The lowest BCUT2D eigenvalue weighted by Crippen LogP contribution is -2.11. The van der Waals surface area contributed by atoms with E-state index in [2.05, 4.69) is 19.1 Å². The van der Waals surface area contributed by atoms with Gasteiger partial charge in [-0.25, -0.2) is 0 Å². The molecule has 82 valence electrons. The lowest BCUT2D eigenvalue weighted by Gasteiger charge is -2.16. The Kier molecular flexibility index (Phi) is 2.91. The quantitative estimate of drug-likeness (QED) is 0.717. The molecule has 2 aromatic rings. The van der Waals surface area contributed by atoms with Gasteiger partial charge in [0.2, 0.25) is 0 Å². The van der Waals surface area contributed by atoms with Crippen molar-refractivity contribution in [1.82, 2.24) is 4.57 Å². The summed E-state index contributed by atoms with van der Waals surface area (Å²) in [6.07, 6.45) is 1.95. The van der Waals surface area contributed by atoms with Crippen LogP contribution in [0.1, 0.15) is 35.9 Å². The summed E-state index contributed by atoms with van der Waals surface area (Å²) in [6.45, 7) is 3.70. The molecule has 2 rings (SSSR count). The van der Waals surface area contributed by atoms with Crippen LogP contribution in [0.25, 0.3) is 0 Å². The largest absolute Gasteiger partial charge is 0.338 e. The van der Waals surface area contributed by atoms with Crippen LogP contribution < -0.4 is 0 Å². The van der Waals surface area contributed by atoms with E-state index >= 15 is 0 Å². The van der Waals surface area contributed by atoms with Crippen LogP contribution in [0, 0.1) is 0 Å². The molecule has 0 aliphatic rings. The fourth-order valence-electron chi connectivity index (χ4n) is 1.92. The second-order valence-corrected chi connectivity index (χ2v) is 3.94. The maximum absolute atomic E-state index is 11.4. The van der Waals surface area contributed by atoms with Gasteiger partial charge in [-0.2, -0.15) is 0 Å². The molecule has 0 radical (unpaired) electrons. The molecule has 1 aromatic heterocycles. The van der Waals surface area contributed by atoms with E-state index in [1.165, 1.54) is 5.56 Å². The Morgan fingerprint density at radius 3 is 2.44 bits per heavy atom. The van der Waals surface area contributed by atoms with Crippen molar-refractivity contribution in [3.05, 3.63) is 59.9 Å². The van der Waals surface area contributed by atoms with Gasteiger partial charge in [0.25, 0.3) is 0 Å². The molecular formula is C14H15NO. The van der Waals surface area contributed by atoms with E-state index in [1.54, 1.807) is 6.92 Å². The number of carbonyl (C=O) groups is 1. The van der Waals surface area contributed by atoms with Crippen molar-refractivity contribution >= 4 is 5.78 Å². The Labute approximate surface area is 95.5 Å². The molecule has 1 atom stereocenters. The van der Waals surface area contributed by atoms with Gasteiger partial charge in [-0.1, -0.05) is 30.3 Å². The van der Waals surface area contributed by atoms with Crippen LogP contribution in [-0.2, 0) is 0 Å². The molecule has 0 saturated heterocycles. The van der Waals surface area contributed by atoms with Crippen LogP contribution in [0.2, 0.25) is 0 Å². The monoisotopic (exact) mass is 213 g/mol. The summed E-state index contributed by atoms with van der Waals surface area (Å²) >= 11 is 0. The van der Waals surface area contributed by atoms with Crippen molar-refractivity contribution < 1.29 is 4.79 Å². The second-order valence-electron chi connectivity index (χ2n) is 3.94. The summed E-state index contributed by atoms with van der Waals surface area (Å²) in [5, 5.41) is 0. The molecule has 0 fully saturated rings. The smallest absolute Gasteiger partial charge is 0.176 e. The maximum atomic E-state index is 11.4. The summed E-state index contributed by atoms with van der Waals surface area (Å²) in [5.74, 6) is 0.104. The molecule has 0 bridgehead atoms. The van der Waals surface area contributed by atoms with Gasteiger partial charge in [0, 0.05) is 13.1 Å². The highest BCUT2D eigenvalue weighted by molar-refractivity contribution is 5.92. The first kappa shape index (κ1) is 10.7. The molecule has 0 N–H and O–H groups in total. The molecule has 0 spiro atoms. The topological polar surface area (TPSA) is 22.0 Å². The van der Waals surface area contributed by atoms with Gasteiger partial charge in [0.1, 0.15) is 0 Å².